The molecule has 0 saturated carbocycles. The van der Waals surface area contributed by atoms with Crippen LogP contribution in [0.1, 0.15) is 81.5 Å². The Bertz CT molecular complexity index is 821. The number of amides is 2. The van der Waals surface area contributed by atoms with Crippen molar-refractivity contribution < 1.29 is 19.4 Å². The lowest BCUT2D eigenvalue weighted by molar-refractivity contribution is -0.120. The highest BCUT2D eigenvalue weighted by Gasteiger charge is 2.12. The third kappa shape index (κ3) is 13.8. The number of allylic oxidation sites excluding steroid dienone is 8. The number of phenols is 1. The van der Waals surface area contributed by atoms with E-state index in [1.807, 2.05) is 0 Å². The molecule has 0 saturated heterocycles. The summed E-state index contributed by atoms with van der Waals surface area (Å²) >= 11 is 0. The van der Waals surface area contributed by atoms with Crippen LogP contribution >= 0.6 is 0 Å². The van der Waals surface area contributed by atoms with Crippen LogP contribution in [0.2, 0.25) is 0 Å². The van der Waals surface area contributed by atoms with Crippen molar-refractivity contribution in [2.45, 2.75) is 71.1 Å². The highest BCUT2D eigenvalue weighted by molar-refractivity contribution is 6.04. The molecule has 0 atom stereocenters. The van der Waals surface area contributed by atoms with Crippen LogP contribution in [-0.4, -0.2) is 24.0 Å². The molecule has 1 rings (SSSR count). The summed E-state index contributed by atoms with van der Waals surface area (Å²) in [4.78, 5) is 24.1. The smallest absolute Gasteiger partial charge is 0.257 e. The van der Waals surface area contributed by atoms with Crippen LogP contribution < -0.4 is 10.1 Å². The van der Waals surface area contributed by atoms with Gasteiger partial charge in [0.1, 0.15) is 0 Å². The fraction of sp³-hybridized carbons (Fsp3) is 0.429. The van der Waals surface area contributed by atoms with Gasteiger partial charge in [0.25, 0.3) is 5.91 Å². The number of benzene rings is 1. The molecule has 0 aliphatic heterocycles. The minimum atomic E-state index is -0.504. The SMILES string of the molecule is CCCCC/C=C\C/C=C\C/C=C\C/C=C\CCCC(=O)NC(=O)c1ccc(O)c(OC)c1. The third-order valence-electron chi connectivity index (χ3n) is 4.93. The zero-order chi connectivity index (χ0) is 24.2. The Morgan fingerprint density at radius 1 is 0.879 bits per heavy atom. The number of hydrogen-bond acceptors (Lipinski definition) is 4. The fourth-order valence-corrected chi connectivity index (χ4v) is 3.02. The lowest BCUT2D eigenvalue weighted by atomic mass is 10.1. The van der Waals surface area contributed by atoms with Crippen molar-refractivity contribution in [3.8, 4) is 11.5 Å². The number of carbonyl (C=O) groups is 2. The molecule has 0 radical (unpaired) electrons. The van der Waals surface area contributed by atoms with Gasteiger partial charge in [-0.15, -0.1) is 0 Å². The summed E-state index contributed by atoms with van der Waals surface area (Å²) in [6, 6.07) is 4.21. The predicted molar refractivity (Wildman–Crippen MR) is 136 cm³/mol. The van der Waals surface area contributed by atoms with Crippen molar-refractivity contribution >= 4 is 11.8 Å². The first-order valence-electron chi connectivity index (χ1n) is 11.9. The molecule has 33 heavy (non-hydrogen) atoms. The van der Waals surface area contributed by atoms with E-state index in [9.17, 15) is 14.7 Å². The molecule has 0 bridgehead atoms. The molecule has 180 valence electrons. The Morgan fingerprint density at radius 3 is 2.03 bits per heavy atom. The van der Waals surface area contributed by atoms with E-state index >= 15 is 0 Å². The second-order valence-corrected chi connectivity index (χ2v) is 7.74. The third-order valence-corrected chi connectivity index (χ3v) is 4.93. The van der Waals surface area contributed by atoms with Gasteiger partial charge in [0, 0.05) is 12.0 Å². The molecule has 0 unspecified atom stereocenters. The number of aromatic hydroxyl groups is 1. The molecular weight excluding hydrogens is 414 g/mol. The molecule has 5 nitrogen and oxygen atoms in total. The Morgan fingerprint density at radius 2 is 1.45 bits per heavy atom. The van der Waals surface area contributed by atoms with Gasteiger partial charge >= 0.3 is 0 Å². The summed E-state index contributed by atoms with van der Waals surface area (Å²) in [5, 5.41) is 11.9. The van der Waals surface area contributed by atoms with E-state index in [2.05, 4.69) is 60.8 Å². The summed E-state index contributed by atoms with van der Waals surface area (Å²) in [6.45, 7) is 2.22. The van der Waals surface area contributed by atoms with Crippen LogP contribution in [0.25, 0.3) is 0 Å². The highest BCUT2D eigenvalue weighted by Crippen LogP contribution is 2.26. The summed E-state index contributed by atoms with van der Waals surface area (Å²) in [5.41, 5.74) is 0.262. The maximum Gasteiger partial charge on any atom is 0.257 e. The van der Waals surface area contributed by atoms with E-state index in [0.717, 1.165) is 25.7 Å². The van der Waals surface area contributed by atoms with Crippen molar-refractivity contribution in [3.05, 3.63) is 72.4 Å². The van der Waals surface area contributed by atoms with E-state index in [1.165, 1.54) is 51.0 Å². The average Bonchev–Trinajstić information content (AvgIpc) is 2.81. The first-order valence-corrected chi connectivity index (χ1v) is 11.9. The number of imide groups is 1. The molecule has 0 heterocycles. The van der Waals surface area contributed by atoms with Gasteiger partial charge in [-0.05, 0) is 63.1 Å². The van der Waals surface area contributed by atoms with Gasteiger partial charge in [-0.1, -0.05) is 68.4 Å². The molecule has 0 spiro atoms. The van der Waals surface area contributed by atoms with Crippen LogP contribution in [0.4, 0.5) is 0 Å². The molecule has 0 fully saturated rings. The lowest BCUT2D eigenvalue weighted by Gasteiger charge is -2.07. The zero-order valence-corrected chi connectivity index (χ0v) is 20.1. The van der Waals surface area contributed by atoms with E-state index in [-0.39, 0.29) is 29.4 Å². The van der Waals surface area contributed by atoms with Crippen LogP contribution in [0.3, 0.4) is 0 Å². The molecule has 0 aliphatic carbocycles. The number of hydrogen-bond donors (Lipinski definition) is 2. The summed E-state index contributed by atoms with van der Waals surface area (Å²) in [7, 11) is 1.40. The molecule has 0 aromatic heterocycles. The van der Waals surface area contributed by atoms with Gasteiger partial charge in [0.05, 0.1) is 7.11 Å². The molecule has 1 aromatic rings. The molecule has 0 aliphatic rings. The number of ether oxygens (including phenoxy) is 1. The van der Waals surface area contributed by atoms with Gasteiger partial charge < -0.3 is 9.84 Å². The molecule has 1 aromatic carbocycles. The van der Waals surface area contributed by atoms with Crippen molar-refractivity contribution in [1.82, 2.24) is 5.32 Å². The normalized spacial score (nSPS) is 11.8. The van der Waals surface area contributed by atoms with Crippen LogP contribution in [0, 0.1) is 0 Å². The van der Waals surface area contributed by atoms with Crippen LogP contribution in [0.15, 0.2) is 66.8 Å². The second-order valence-electron chi connectivity index (χ2n) is 7.74. The maximum atomic E-state index is 12.1. The largest absolute Gasteiger partial charge is 0.504 e. The van der Waals surface area contributed by atoms with Crippen LogP contribution in [0.5, 0.6) is 11.5 Å². The number of nitrogens with one attached hydrogen (secondary N) is 1. The van der Waals surface area contributed by atoms with Gasteiger partial charge in [-0.3, -0.25) is 14.9 Å². The first-order chi connectivity index (χ1) is 16.1. The van der Waals surface area contributed by atoms with Gasteiger partial charge in [0.15, 0.2) is 11.5 Å². The van der Waals surface area contributed by atoms with Crippen molar-refractivity contribution in [2.75, 3.05) is 7.11 Å². The summed E-state index contributed by atoms with van der Waals surface area (Å²) in [5.74, 6) is -0.686. The first kappa shape index (κ1) is 28.0. The molecule has 2 amide bonds. The predicted octanol–water partition coefficient (Wildman–Crippen LogP) is 6.80. The number of methoxy groups -OCH3 is 1. The monoisotopic (exact) mass is 453 g/mol. The Kier molecular flexibility index (Phi) is 15.7. The number of carbonyl (C=O) groups excluding carboxylic acids is 2. The molecule has 5 heteroatoms. The van der Waals surface area contributed by atoms with Gasteiger partial charge in [-0.2, -0.15) is 0 Å². The Labute approximate surface area is 198 Å². The van der Waals surface area contributed by atoms with Gasteiger partial charge in [0.2, 0.25) is 5.91 Å². The molecule has 2 N–H and O–H groups in total. The van der Waals surface area contributed by atoms with E-state index in [4.69, 9.17) is 4.74 Å². The van der Waals surface area contributed by atoms with Gasteiger partial charge in [-0.25, -0.2) is 0 Å². The number of phenolic OH excluding ortho intramolecular Hbond substituents is 1. The van der Waals surface area contributed by atoms with Crippen LogP contribution in [-0.2, 0) is 4.79 Å². The van der Waals surface area contributed by atoms with Crippen molar-refractivity contribution in [2.24, 2.45) is 0 Å². The summed E-state index contributed by atoms with van der Waals surface area (Å²) in [6.07, 6.45) is 26.9. The maximum absolute atomic E-state index is 12.1. The minimum Gasteiger partial charge on any atom is -0.504 e. The van der Waals surface area contributed by atoms with E-state index in [1.54, 1.807) is 0 Å². The number of rotatable bonds is 16. The van der Waals surface area contributed by atoms with Crippen molar-refractivity contribution in [1.29, 1.82) is 0 Å². The Hall–Kier alpha value is -3.08. The quantitative estimate of drug-likeness (QED) is 0.213. The highest BCUT2D eigenvalue weighted by atomic mass is 16.5. The fourth-order valence-electron chi connectivity index (χ4n) is 3.02. The van der Waals surface area contributed by atoms with E-state index in [0.29, 0.717) is 6.42 Å². The second kappa shape index (κ2) is 18.5. The standard InChI is InChI=1S/C28H39NO4/c1-3-4-5-6-7-8-9-10-11-12-13-14-15-16-17-18-19-20-27(31)29-28(32)24-21-22-25(30)26(23-24)33-2/h7-8,10-11,13-14,16-17,21-23,30H,3-6,9,12,15,18-20H2,1-2H3,(H,29,31,32)/b8-7-,11-10-,14-13-,17-16-. The minimum absolute atomic E-state index is 0.0561. The summed E-state index contributed by atoms with van der Waals surface area (Å²) < 4.78 is 4.97. The Balaban J connectivity index is 2.10. The molecular formula is C28H39NO4. The van der Waals surface area contributed by atoms with E-state index < -0.39 is 5.91 Å². The zero-order valence-electron chi connectivity index (χ0n) is 20.1. The number of unbranched alkanes of at least 4 members (excludes halogenated alkanes) is 4. The topological polar surface area (TPSA) is 75.6 Å². The van der Waals surface area contributed by atoms with Crippen molar-refractivity contribution in [3.63, 3.8) is 0 Å². The average molecular weight is 454 g/mol. The lowest BCUT2D eigenvalue weighted by Crippen LogP contribution is -2.30.